The largest absolute Gasteiger partial charge is 0.508 e. The summed E-state index contributed by atoms with van der Waals surface area (Å²) < 4.78 is 32.0. The zero-order valence-corrected chi connectivity index (χ0v) is 15.9. The third-order valence-corrected chi connectivity index (χ3v) is 6.14. The van der Waals surface area contributed by atoms with Gasteiger partial charge < -0.3 is 9.84 Å². The van der Waals surface area contributed by atoms with Gasteiger partial charge in [0.15, 0.2) is 0 Å². The highest BCUT2D eigenvalue weighted by Gasteiger charge is 2.26. The maximum atomic E-state index is 12.7. The number of hydrazine groups is 1. The zero-order valence-electron chi connectivity index (χ0n) is 15.1. The quantitative estimate of drug-likeness (QED) is 0.628. The summed E-state index contributed by atoms with van der Waals surface area (Å²) in [5, 5.41) is 9.31. The second-order valence-electron chi connectivity index (χ2n) is 6.15. The Morgan fingerprint density at radius 3 is 2.39 bits per heavy atom. The van der Waals surface area contributed by atoms with Gasteiger partial charge in [-0.25, -0.2) is 8.42 Å². The maximum absolute atomic E-state index is 12.7. The number of hydrogen-bond donors (Lipinski definition) is 3. The molecule has 0 saturated carbocycles. The molecule has 1 aliphatic rings. The lowest BCUT2D eigenvalue weighted by molar-refractivity contribution is 0.0730. The summed E-state index contributed by atoms with van der Waals surface area (Å²) in [6.07, 6.45) is 0. The maximum Gasteiger partial charge on any atom is 0.269 e. The minimum absolute atomic E-state index is 0.0550. The molecule has 0 aromatic heterocycles. The van der Waals surface area contributed by atoms with Gasteiger partial charge in [-0.1, -0.05) is 12.6 Å². The molecule has 0 radical (unpaired) electrons. The third kappa shape index (κ3) is 4.50. The number of sulfonamides is 1. The predicted octanol–water partition coefficient (Wildman–Crippen LogP) is 1.32. The Morgan fingerprint density at radius 2 is 1.71 bits per heavy atom. The highest BCUT2D eigenvalue weighted by atomic mass is 32.2. The Hall–Kier alpha value is -2.88. The number of nitrogens with zero attached hydrogens (tertiary/aromatic N) is 1. The Labute approximate surface area is 163 Å². The highest BCUT2D eigenvalue weighted by molar-refractivity contribution is 7.89. The molecule has 2 aromatic carbocycles. The fraction of sp³-hybridized carbons (Fsp3) is 0.211. The molecule has 0 spiro atoms. The summed E-state index contributed by atoms with van der Waals surface area (Å²) in [4.78, 5) is 12.5. The van der Waals surface area contributed by atoms with Crippen molar-refractivity contribution in [2.45, 2.75) is 4.90 Å². The molecule has 3 N–H and O–H groups in total. The van der Waals surface area contributed by atoms with Crippen LogP contribution in [0.3, 0.4) is 0 Å². The van der Waals surface area contributed by atoms with Crippen LogP contribution in [0.5, 0.6) is 5.75 Å². The van der Waals surface area contributed by atoms with Gasteiger partial charge in [-0.2, -0.15) is 4.31 Å². The molecule has 0 unspecified atom stereocenters. The molecule has 0 aliphatic carbocycles. The first kappa shape index (κ1) is 19.9. The van der Waals surface area contributed by atoms with Crippen molar-refractivity contribution in [3.8, 4) is 5.75 Å². The topological polar surface area (TPSA) is 108 Å². The monoisotopic (exact) mass is 403 g/mol. The summed E-state index contributed by atoms with van der Waals surface area (Å²) in [6.45, 7) is 5.09. The SMILES string of the molecule is C=C(NNC(=O)c1cccc(S(=O)(=O)N2CCOCC2)c1)c1ccc(O)cc1. The number of amides is 1. The number of ether oxygens (including phenoxy) is 1. The van der Waals surface area contributed by atoms with Crippen molar-refractivity contribution in [2.24, 2.45) is 0 Å². The van der Waals surface area contributed by atoms with Gasteiger partial charge in [-0.15, -0.1) is 0 Å². The van der Waals surface area contributed by atoms with Gasteiger partial charge in [0.1, 0.15) is 5.75 Å². The lowest BCUT2D eigenvalue weighted by Gasteiger charge is -2.26. The summed E-state index contributed by atoms with van der Waals surface area (Å²) in [5.74, 6) is -0.377. The van der Waals surface area contributed by atoms with Crippen molar-refractivity contribution in [3.63, 3.8) is 0 Å². The van der Waals surface area contributed by atoms with E-state index in [4.69, 9.17) is 4.74 Å². The van der Waals surface area contributed by atoms with Crippen molar-refractivity contribution < 1.29 is 23.1 Å². The molecular weight excluding hydrogens is 382 g/mol. The van der Waals surface area contributed by atoms with Crippen LogP contribution in [-0.2, 0) is 14.8 Å². The number of nitrogens with one attached hydrogen (secondary N) is 2. The molecule has 1 fully saturated rings. The first-order chi connectivity index (χ1) is 13.4. The molecule has 2 aromatic rings. The van der Waals surface area contributed by atoms with Crippen LogP contribution in [0.25, 0.3) is 5.70 Å². The van der Waals surface area contributed by atoms with Crippen LogP contribution in [-0.4, -0.2) is 50.0 Å². The van der Waals surface area contributed by atoms with Crippen LogP contribution in [0.15, 0.2) is 60.0 Å². The molecule has 0 atom stereocenters. The smallest absolute Gasteiger partial charge is 0.269 e. The Morgan fingerprint density at radius 1 is 1.04 bits per heavy atom. The lowest BCUT2D eigenvalue weighted by atomic mass is 10.2. The normalized spacial score (nSPS) is 15.0. The average Bonchev–Trinajstić information content (AvgIpc) is 2.73. The number of rotatable bonds is 6. The van der Waals surface area contributed by atoms with E-state index in [-0.39, 0.29) is 29.3 Å². The molecule has 1 heterocycles. The van der Waals surface area contributed by atoms with Gasteiger partial charge in [-0.3, -0.25) is 15.6 Å². The van der Waals surface area contributed by atoms with E-state index >= 15 is 0 Å². The van der Waals surface area contributed by atoms with E-state index in [0.29, 0.717) is 24.5 Å². The van der Waals surface area contributed by atoms with Gasteiger partial charge in [0.05, 0.1) is 23.8 Å². The lowest BCUT2D eigenvalue weighted by Crippen LogP contribution is -2.40. The second kappa shape index (κ2) is 8.42. The van der Waals surface area contributed by atoms with E-state index in [1.165, 1.54) is 40.7 Å². The average molecular weight is 403 g/mol. The number of aromatic hydroxyl groups is 1. The van der Waals surface area contributed by atoms with Crippen LogP contribution in [0, 0.1) is 0 Å². The van der Waals surface area contributed by atoms with Crippen molar-refractivity contribution >= 4 is 21.6 Å². The van der Waals surface area contributed by atoms with Crippen molar-refractivity contribution in [1.29, 1.82) is 0 Å². The Kier molecular flexibility index (Phi) is 5.98. The first-order valence-electron chi connectivity index (χ1n) is 8.60. The van der Waals surface area contributed by atoms with Crippen LogP contribution in [0.1, 0.15) is 15.9 Å². The minimum Gasteiger partial charge on any atom is -0.508 e. The Bertz CT molecular complexity index is 967. The number of phenolic OH excluding ortho intramolecular Hbond substituents is 1. The van der Waals surface area contributed by atoms with Gasteiger partial charge in [0, 0.05) is 18.7 Å². The van der Waals surface area contributed by atoms with E-state index in [0.717, 1.165) is 0 Å². The molecule has 0 bridgehead atoms. The first-order valence-corrected chi connectivity index (χ1v) is 10.0. The number of morpholine rings is 1. The van der Waals surface area contributed by atoms with Crippen LogP contribution in [0.2, 0.25) is 0 Å². The molecule has 9 heteroatoms. The molecule has 3 rings (SSSR count). The molecular formula is C19H21N3O5S. The van der Waals surface area contributed by atoms with Crippen molar-refractivity contribution in [2.75, 3.05) is 26.3 Å². The van der Waals surface area contributed by atoms with E-state index < -0.39 is 15.9 Å². The second-order valence-corrected chi connectivity index (χ2v) is 8.09. The van der Waals surface area contributed by atoms with E-state index in [2.05, 4.69) is 17.4 Å². The molecule has 1 aliphatic heterocycles. The number of carbonyl (C=O) groups excluding carboxylic acids is 1. The zero-order chi connectivity index (χ0) is 20.1. The standard InChI is InChI=1S/C19H21N3O5S/c1-14(15-5-7-17(23)8-6-15)20-21-19(24)16-3-2-4-18(13-16)28(25,26)22-9-11-27-12-10-22/h2-8,13,20,23H,1,9-12H2,(H,21,24). The highest BCUT2D eigenvalue weighted by Crippen LogP contribution is 2.18. The van der Waals surface area contributed by atoms with Gasteiger partial charge >= 0.3 is 0 Å². The Balaban J connectivity index is 1.68. The van der Waals surface area contributed by atoms with Gasteiger partial charge in [-0.05, 0) is 48.0 Å². The number of benzene rings is 2. The minimum atomic E-state index is -3.68. The number of phenols is 1. The number of carbonyl (C=O) groups is 1. The fourth-order valence-electron chi connectivity index (χ4n) is 2.67. The molecule has 1 saturated heterocycles. The van der Waals surface area contributed by atoms with Crippen molar-refractivity contribution in [3.05, 3.63) is 66.2 Å². The van der Waals surface area contributed by atoms with Gasteiger partial charge in [0.25, 0.3) is 5.91 Å². The summed E-state index contributed by atoms with van der Waals surface area (Å²) in [6, 6.07) is 12.2. The van der Waals surface area contributed by atoms with E-state index in [1.54, 1.807) is 12.1 Å². The molecule has 1 amide bonds. The van der Waals surface area contributed by atoms with E-state index in [1.807, 2.05) is 0 Å². The fourth-order valence-corrected chi connectivity index (χ4v) is 4.13. The van der Waals surface area contributed by atoms with Crippen LogP contribution >= 0.6 is 0 Å². The predicted molar refractivity (Wildman–Crippen MR) is 104 cm³/mol. The summed E-state index contributed by atoms with van der Waals surface area (Å²) >= 11 is 0. The van der Waals surface area contributed by atoms with Crippen LogP contribution < -0.4 is 10.9 Å². The van der Waals surface area contributed by atoms with Gasteiger partial charge in [0.2, 0.25) is 10.0 Å². The van der Waals surface area contributed by atoms with Crippen molar-refractivity contribution in [1.82, 2.24) is 15.2 Å². The van der Waals surface area contributed by atoms with E-state index in [9.17, 15) is 18.3 Å². The third-order valence-electron chi connectivity index (χ3n) is 4.25. The summed E-state index contributed by atoms with van der Waals surface area (Å²) in [7, 11) is -3.68. The summed E-state index contributed by atoms with van der Waals surface area (Å²) in [5.41, 5.74) is 6.48. The number of hydrogen-bond acceptors (Lipinski definition) is 6. The molecule has 8 nitrogen and oxygen atoms in total. The molecule has 28 heavy (non-hydrogen) atoms. The van der Waals surface area contributed by atoms with Crippen LogP contribution in [0.4, 0.5) is 0 Å². The molecule has 148 valence electrons.